The smallest absolute Gasteiger partial charge is 0.336 e. The van der Waals surface area contributed by atoms with Gasteiger partial charge >= 0.3 is 5.97 Å². The normalized spacial score (nSPS) is 10.9. The maximum absolute atomic E-state index is 11.6. The summed E-state index contributed by atoms with van der Waals surface area (Å²) in [5.74, 6) is -0.925. The second kappa shape index (κ2) is 5.00. The molecule has 2 heterocycles. The number of benzene rings is 1. The summed E-state index contributed by atoms with van der Waals surface area (Å²) in [6.07, 6.45) is 0. The number of halogens is 1. The predicted octanol–water partition coefficient (Wildman–Crippen LogP) is 4.73. The molecule has 0 aliphatic rings. The van der Waals surface area contributed by atoms with E-state index in [4.69, 9.17) is 0 Å². The third-order valence-electron chi connectivity index (χ3n) is 3.16. The number of thiophene rings is 1. The van der Waals surface area contributed by atoms with Gasteiger partial charge in [-0.25, -0.2) is 9.78 Å². The van der Waals surface area contributed by atoms with Gasteiger partial charge in [-0.05, 0) is 42.1 Å². The number of aromatic nitrogens is 1. The van der Waals surface area contributed by atoms with Crippen LogP contribution in [-0.4, -0.2) is 16.1 Å². The van der Waals surface area contributed by atoms with Crippen LogP contribution in [0.25, 0.3) is 21.5 Å². The Morgan fingerprint density at radius 2 is 2.15 bits per heavy atom. The minimum absolute atomic E-state index is 0.319. The van der Waals surface area contributed by atoms with Gasteiger partial charge in [0.2, 0.25) is 0 Å². The molecule has 0 radical (unpaired) electrons. The molecule has 0 aliphatic carbocycles. The first kappa shape index (κ1) is 13.3. The number of hydrogen-bond acceptors (Lipinski definition) is 3. The van der Waals surface area contributed by atoms with E-state index in [1.165, 1.54) is 0 Å². The molecule has 20 heavy (non-hydrogen) atoms. The molecule has 1 N–H and O–H groups in total. The van der Waals surface area contributed by atoms with Gasteiger partial charge in [-0.2, -0.15) is 0 Å². The fourth-order valence-corrected chi connectivity index (χ4v) is 3.39. The molecule has 3 nitrogen and oxygen atoms in total. The van der Waals surface area contributed by atoms with Crippen molar-refractivity contribution in [3.05, 3.63) is 51.3 Å². The fraction of sp³-hybridized carbons (Fsp3) is 0.0667. The van der Waals surface area contributed by atoms with Crippen LogP contribution in [0.15, 0.2) is 40.2 Å². The molecule has 2 aromatic heterocycles. The first-order chi connectivity index (χ1) is 9.58. The molecule has 100 valence electrons. The Bertz CT molecular complexity index is 812. The minimum Gasteiger partial charge on any atom is -0.478 e. The van der Waals surface area contributed by atoms with Crippen LogP contribution in [0.3, 0.4) is 0 Å². The van der Waals surface area contributed by atoms with Crippen LogP contribution in [0.1, 0.15) is 15.9 Å². The van der Waals surface area contributed by atoms with Crippen LogP contribution in [0.5, 0.6) is 0 Å². The van der Waals surface area contributed by atoms with Crippen LogP contribution in [0.4, 0.5) is 0 Å². The summed E-state index contributed by atoms with van der Waals surface area (Å²) in [7, 11) is 0. The number of rotatable bonds is 2. The molecular formula is C15H10BrNO2S. The predicted molar refractivity (Wildman–Crippen MR) is 84.5 cm³/mol. The van der Waals surface area contributed by atoms with E-state index in [9.17, 15) is 9.90 Å². The van der Waals surface area contributed by atoms with Gasteiger partial charge in [-0.3, -0.25) is 0 Å². The first-order valence-electron chi connectivity index (χ1n) is 5.95. The zero-order valence-corrected chi connectivity index (χ0v) is 13.0. The van der Waals surface area contributed by atoms with Gasteiger partial charge in [-0.1, -0.05) is 22.0 Å². The second-order valence-corrected chi connectivity index (χ2v) is 6.27. The molecule has 0 atom stereocenters. The lowest BCUT2D eigenvalue weighted by atomic mass is 10.0. The molecule has 0 saturated heterocycles. The molecule has 0 amide bonds. The Morgan fingerprint density at radius 1 is 1.35 bits per heavy atom. The summed E-state index contributed by atoms with van der Waals surface area (Å²) >= 11 is 4.94. The number of carboxylic acids is 1. The van der Waals surface area contributed by atoms with Gasteiger partial charge in [0.05, 0.1) is 21.7 Å². The Hall–Kier alpha value is -1.72. The van der Waals surface area contributed by atoms with Crippen molar-refractivity contribution in [3.8, 4) is 10.6 Å². The summed E-state index contributed by atoms with van der Waals surface area (Å²) in [5.41, 5.74) is 2.46. The van der Waals surface area contributed by atoms with E-state index < -0.39 is 5.97 Å². The molecule has 3 aromatic rings. The number of carboxylic acid groups (broad SMARTS) is 1. The Kier molecular flexibility index (Phi) is 3.31. The molecule has 0 fully saturated rings. The average Bonchev–Trinajstić information content (AvgIpc) is 2.91. The summed E-state index contributed by atoms with van der Waals surface area (Å²) < 4.78 is 0.845. The van der Waals surface area contributed by atoms with Crippen LogP contribution in [0.2, 0.25) is 0 Å². The highest BCUT2D eigenvalue weighted by Gasteiger charge is 2.18. The molecule has 0 aliphatic heterocycles. The van der Waals surface area contributed by atoms with Gasteiger partial charge in [0.25, 0.3) is 0 Å². The molecule has 0 spiro atoms. The lowest BCUT2D eigenvalue weighted by Gasteiger charge is -2.11. The third kappa shape index (κ3) is 2.13. The zero-order chi connectivity index (χ0) is 14.3. The maximum atomic E-state index is 11.6. The van der Waals surface area contributed by atoms with E-state index >= 15 is 0 Å². The van der Waals surface area contributed by atoms with Crippen molar-refractivity contribution < 1.29 is 9.90 Å². The van der Waals surface area contributed by atoms with Gasteiger partial charge < -0.3 is 5.11 Å². The van der Waals surface area contributed by atoms with Crippen molar-refractivity contribution in [2.45, 2.75) is 6.92 Å². The molecule has 0 unspecified atom stereocenters. The monoisotopic (exact) mass is 347 g/mol. The van der Waals surface area contributed by atoms with E-state index in [0.717, 1.165) is 15.0 Å². The van der Waals surface area contributed by atoms with Crippen molar-refractivity contribution >= 4 is 44.1 Å². The van der Waals surface area contributed by atoms with E-state index in [2.05, 4.69) is 20.9 Å². The molecule has 0 bridgehead atoms. The average molecular weight is 348 g/mol. The standard InChI is InChI=1S/C15H10BrNO2S/c1-8-13(15(18)19)10-7-9(16)4-5-11(10)17-14(8)12-3-2-6-20-12/h2-7H,1H3,(H,18,19). The number of aromatic carboxylic acids is 1. The van der Waals surface area contributed by atoms with Crippen LogP contribution in [-0.2, 0) is 0 Å². The number of carbonyl (C=O) groups is 1. The highest BCUT2D eigenvalue weighted by Crippen LogP contribution is 2.33. The number of pyridine rings is 1. The second-order valence-electron chi connectivity index (χ2n) is 4.40. The molecular weight excluding hydrogens is 338 g/mol. The quantitative estimate of drug-likeness (QED) is 0.728. The van der Waals surface area contributed by atoms with Crippen molar-refractivity contribution in [1.29, 1.82) is 0 Å². The summed E-state index contributed by atoms with van der Waals surface area (Å²) in [6, 6.07) is 9.40. The summed E-state index contributed by atoms with van der Waals surface area (Å²) in [6.45, 7) is 1.81. The van der Waals surface area contributed by atoms with Gasteiger partial charge in [0.1, 0.15) is 0 Å². The topological polar surface area (TPSA) is 50.2 Å². The van der Waals surface area contributed by atoms with Crippen LogP contribution < -0.4 is 0 Å². The molecule has 3 rings (SSSR count). The van der Waals surface area contributed by atoms with Gasteiger partial charge in [0, 0.05) is 9.86 Å². The summed E-state index contributed by atoms with van der Waals surface area (Å²) in [4.78, 5) is 17.2. The van der Waals surface area contributed by atoms with E-state index in [1.54, 1.807) is 17.4 Å². The summed E-state index contributed by atoms with van der Waals surface area (Å²) in [5, 5.41) is 12.2. The van der Waals surface area contributed by atoms with Gasteiger partial charge in [-0.15, -0.1) is 11.3 Å². The first-order valence-corrected chi connectivity index (χ1v) is 7.62. The maximum Gasteiger partial charge on any atom is 0.336 e. The highest BCUT2D eigenvalue weighted by atomic mass is 79.9. The van der Waals surface area contributed by atoms with Crippen LogP contribution >= 0.6 is 27.3 Å². The SMILES string of the molecule is Cc1c(-c2cccs2)nc2ccc(Br)cc2c1C(=O)O. The number of fused-ring (bicyclic) bond motifs is 1. The van der Waals surface area contributed by atoms with Crippen molar-refractivity contribution in [2.75, 3.05) is 0 Å². The molecule has 0 saturated carbocycles. The number of nitrogens with zero attached hydrogens (tertiary/aromatic N) is 1. The van der Waals surface area contributed by atoms with Crippen LogP contribution in [0, 0.1) is 6.92 Å². The fourth-order valence-electron chi connectivity index (χ4n) is 2.26. The highest BCUT2D eigenvalue weighted by molar-refractivity contribution is 9.10. The lowest BCUT2D eigenvalue weighted by molar-refractivity contribution is 0.0698. The molecule has 5 heteroatoms. The van der Waals surface area contributed by atoms with Gasteiger partial charge in [0.15, 0.2) is 0 Å². The Labute approximate surface area is 128 Å². The van der Waals surface area contributed by atoms with Crippen molar-refractivity contribution in [3.63, 3.8) is 0 Å². The van der Waals surface area contributed by atoms with Crippen molar-refractivity contribution in [2.24, 2.45) is 0 Å². The molecule has 1 aromatic carbocycles. The largest absolute Gasteiger partial charge is 0.478 e. The van der Waals surface area contributed by atoms with E-state index in [0.29, 0.717) is 22.0 Å². The van der Waals surface area contributed by atoms with E-state index in [1.807, 2.05) is 36.6 Å². The zero-order valence-electron chi connectivity index (χ0n) is 10.6. The lowest BCUT2D eigenvalue weighted by Crippen LogP contribution is -2.04. The third-order valence-corrected chi connectivity index (χ3v) is 4.53. The van der Waals surface area contributed by atoms with E-state index in [-0.39, 0.29) is 0 Å². The minimum atomic E-state index is -0.925. The van der Waals surface area contributed by atoms with Crippen molar-refractivity contribution in [1.82, 2.24) is 4.98 Å². The Morgan fingerprint density at radius 3 is 2.80 bits per heavy atom. The Balaban J connectivity index is 2.43. The number of hydrogen-bond donors (Lipinski definition) is 1.